The number of ketones is 1. The molecule has 1 aliphatic heterocycles. The summed E-state index contributed by atoms with van der Waals surface area (Å²) < 4.78 is 10.7. The molecule has 0 unspecified atom stereocenters. The molecule has 1 rings (SSSR count). The van der Waals surface area contributed by atoms with Gasteiger partial charge in [0.15, 0.2) is 5.78 Å². The van der Waals surface area contributed by atoms with Gasteiger partial charge in [-0.25, -0.2) is 4.79 Å². The molecule has 0 aliphatic carbocycles. The Morgan fingerprint density at radius 1 is 1.33 bits per heavy atom. The maximum Gasteiger partial charge on any atom is 0.410 e. The first kappa shape index (κ1) is 15.0. The van der Waals surface area contributed by atoms with Crippen molar-refractivity contribution in [3.63, 3.8) is 0 Å². The Hall–Kier alpha value is -1.10. The van der Waals surface area contributed by atoms with E-state index in [9.17, 15) is 9.59 Å². The molecule has 1 atom stereocenters. The minimum absolute atomic E-state index is 0.0308. The normalized spacial score (nSPS) is 21.0. The molecule has 1 aliphatic rings. The van der Waals surface area contributed by atoms with Crippen LogP contribution in [0.15, 0.2) is 0 Å². The van der Waals surface area contributed by atoms with Gasteiger partial charge in [-0.2, -0.15) is 0 Å². The minimum Gasteiger partial charge on any atom is -0.444 e. The van der Waals surface area contributed by atoms with E-state index in [0.29, 0.717) is 13.2 Å². The van der Waals surface area contributed by atoms with Crippen molar-refractivity contribution in [2.45, 2.75) is 46.3 Å². The summed E-state index contributed by atoms with van der Waals surface area (Å²) in [6, 6.07) is 0. The van der Waals surface area contributed by atoms with Crippen LogP contribution in [0.1, 0.15) is 34.6 Å². The van der Waals surface area contributed by atoms with E-state index >= 15 is 0 Å². The molecule has 104 valence electrons. The van der Waals surface area contributed by atoms with Gasteiger partial charge in [-0.1, -0.05) is 13.8 Å². The highest BCUT2D eigenvalue weighted by molar-refractivity contribution is 5.85. The number of morpholine rings is 1. The molecule has 0 saturated carbocycles. The van der Waals surface area contributed by atoms with Crippen molar-refractivity contribution in [1.82, 2.24) is 4.90 Å². The molecule has 0 aromatic heterocycles. The van der Waals surface area contributed by atoms with Gasteiger partial charge in [-0.3, -0.25) is 4.79 Å². The summed E-state index contributed by atoms with van der Waals surface area (Å²) >= 11 is 0. The number of carbonyl (C=O) groups is 2. The average Bonchev–Trinajstić information content (AvgIpc) is 2.25. The number of ether oxygens (including phenoxy) is 2. The molecule has 1 fully saturated rings. The van der Waals surface area contributed by atoms with Gasteiger partial charge in [0.25, 0.3) is 0 Å². The summed E-state index contributed by atoms with van der Waals surface area (Å²) in [6.45, 7) is 10.3. The van der Waals surface area contributed by atoms with E-state index < -0.39 is 11.7 Å². The Bertz CT molecular complexity index is 319. The van der Waals surface area contributed by atoms with Crippen molar-refractivity contribution < 1.29 is 19.1 Å². The molecule has 0 aromatic rings. The standard InChI is InChI=1S/C13H23NO4/c1-9(2)11(15)10-8-14(6-7-17-10)12(16)18-13(3,4)5/h9-10H,6-8H2,1-5H3/t10-/m1/s1. The largest absolute Gasteiger partial charge is 0.444 e. The first-order chi connectivity index (χ1) is 8.20. The van der Waals surface area contributed by atoms with E-state index in [1.165, 1.54) is 0 Å². The van der Waals surface area contributed by atoms with E-state index in [1.54, 1.807) is 4.90 Å². The highest BCUT2D eigenvalue weighted by atomic mass is 16.6. The van der Waals surface area contributed by atoms with Crippen LogP contribution in [0.3, 0.4) is 0 Å². The van der Waals surface area contributed by atoms with Gasteiger partial charge in [0.2, 0.25) is 0 Å². The Balaban J connectivity index is 2.59. The summed E-state index contributed by atoms with van der Waals surface area (Å²) in [7, 11) is 0. The zero-order chi connectivity index (χ0) is 13.9. The third-order valence-corrected chi connectivity index (χ3v) is 2.60. The molecular formula is C13H23NO4. The van der Waals surface area contributed by atoms with Crippen LogP contribution in [-0.4, -0.2) is 48.2 Å². The Labute approximate surface area is 108 Å². The fourth-order valence-electron chi connectivity index (χ4n) is 1.69. The van der Waals surface area contributed by atoms with Crippen LogP contribution in [0.4, 0.5) is 4.79 Å². The second-order valence-electron chi connectivity index (χ2n) is 5.84. The summed E-state index contributed by atoms with van der Waals surface area (Å²) in [5.74, 6) is -0.0585. The van der Waals surface area contributed by atoms with Crippen molar-refractivity contribution in [2.24, 2.45) is 5.92 Å². The summed E-state index contributed by atoms with van der Waals surface area (Å²) in [6.07, 6.45) is -0.904. The van der Waals surface area contributed by atoms with E-state index in [0.717, 1.165) is 0 Å². The molecule has 1 heterocycles. The zero-order valence-corrected chi connectivity index (χ0v) is 11.9. The van der Waals surface area contributed by atoms with Crippen molar-refractivity contribution in [1.29, 1.82) is 0 Å². The van der Waals surface area contributed by atoms with E-state index in [-0.39, 0.29) is 24.3 Å². The molecular weight excluding hydrogens is 234 g/mol. The number of carbonyl (C=O) groups excluding carboxylic acids is 2. The quantitative estimate of drug-likeness (QED) is 0.757. The molecule has 0 N–H and O–H groups in total. The van der Waals surface area contributed by atoms with Gasteiger partial charge >= 0.3 is 6.09 Å². The lowest BCUT2D eigenvalue weighted by Gasteiger charge is -2.34. The Morgan fingerprint density at radius 2 is 1.94 bits per heavy atom. The van der Waals surface area contributed by atoms with Gasteiger partial charge in [-0.15, -0.1) is 0 Å². The number of hydrogen-bond acceptors (Lipinski definition) is 4. The van der Waals surface area contributed by atoms with Crippen LogP contribution >= 0.6 is 0 Å². The van der Waals surface area contributed by atoms with E-state index in [4.69, 9.17) is 9.47 Å². The van der Waals surface area contributed by atoms with Gasteiger partial charge in [0.05, 0.1) is 13.2 Å². The highest BCUT2D eigenvalue weighted by Crippen LogP contribution is 2.15. The van der Waals surface area contributed by atoms with E-state index in [2.05, 4.69) is 0 Å². The maximum atomic E-state index is 11.9. The van der Waals surface area contributed by atoms with Gasteiger partial charge < -0.3 is 14.4 Å². The van der Waals surface area contributed by atoms with Crippen LogP contribution in [0.5, 0.6) is 0 Å². The first-order valence-corrected chi connectivity index (χ1v) is 6.34. The molecule has 0 spiro atoms. The number of amides is 1. The van der Waals surface area contributed by atoms with Crippen molar-refractivity contribution >= 4 is 11.9 Å². The molecule has 1 amide bonds. The first-order valence-electron chi connectivity index (χ1n) is 6.34. The number of hydrogen-bond donors (Lipinski definition) is 0. The third kappa shape index (κ3) is 4.29. The third-order valence-electron chi connectivity index (χ3n) is 2.60. The van der Waals surface area contributed by atoms with Crippen LogP contribution in [0.2, 0.25) is 0 Å². The SMILES string of the molecule is CC(C)C(=O)[C@H]1CN(C(=O)OC(C)(C)C)CCO1. The fourth-order valence-corrected chi connectivity index (χ4v) is 1.69. The van der Waals surface area contributed by atoms with E-state index in [1.807, 2.05) is 34.6 Å². The summed E-state index contributed by atoms with van der Waals surface area (Å²) in [5, 5.41) is 0. The van der Waals surface area contributed by atoms with Gasteiger partial charge in [0.1, 0.15) is 11.7 Å². The number of rotatable bonds is 2. The summed E-state index contributed by atoms with van der Waals surface area (Å²) in [5.41, 5.74) is -0.521. The predicted molar refractivity (Wildman–Crippen MR) is 67.4 cm³/mol. The van der Waals surface area contributed by atoms with Gasteiger partial charge in [0, 0.05) is 12.5 Å². The maximum absolute atomic E-state index is 11.9. The second kappa shape index (κ2) is 5.69. The minimum atomic E-state index is -0.522. The fraction of sp³-hybridized carbons (Fsp3) is 0.846. The lowest BCUT2D eigenvalue weighted by molar-refractivity contribution is -0.138. The summed E-state index contributed by atoms with van der Waals surface area (Å²) in [4.78, 5) is 25.3. The molecule has 0 radical (unpaired) electrons. The van der Waals surface area contributed by atoms with Crippen LogP contribution in [0.25, 0.3) is 0 Å². The highest BCUT2D eigenvalue weighted by Gasteiger charge is 2.32. The Morgan fingerprint density at radius 3 is 2.44 bits per heavy atom. The molecule has 5 heteroatoms. The molecule has 0 aromatic carbocycles. The van der Waals surface area contributed by atoms with Crippen molar-refractivity contribution in [2.75, 3.05) is 19.7 Å². The smallest absolute Gasteiger partial charge is 0.410 e. The lowest BCUT2D eigenvalue weighted by atomic mass is 10.0. The molecule has 1 saturated heterocycles. The number of Topliss-reactive ketones (excluding diaryl/α,β-unsaturated/α-hetero) is 1. The van der Waals surface area contributed by atoms with Crippen LogP contribution < -0.4 is 0 Å². The predicted octanol–water partition coefficient (Wildman–Crippen LogP) is 1.85. The molecule has 5 nitrogen and oxygen atoms in total. The van der Waals surface area contributed by atoms with Crippen molar-refractivity contribution in [3.8, 4) is 0 Å². The lowest BCUT2D eigenvalue weighted by Crippen LogP contribution is -2.50. The topological polar surface area (TPSA) is 55.8 Å². The number of nitrogens with zero attached hydrogens (tertiary/aromatic N) is 1. The van der Waals surface area contributed by atoms with Gasteiger partial charge in [-0.05, 0) is 20.8 Å². The second-order valence-corrected chi connectivity index (χ2v) is 5.84. The zero-order valence-electron chi connectivity index (χ0n) is 11.9. The van der Waals surface area contributed by atoms with Crippen molar-refractivity contribution in [3.05, 3.63) is 0 Å². The monoisotopic (exact) mass is 257 g/mol. The van der Waals surface area contributed by atoms with Crippen LogP contribution in [0, 0.1) is 5.92 Å². The molecule has 18 heavy (non-hydrogen) atoms. The average molecular weight is 257 g/mol. The molecule has 0 bridgehead atoms. The van der Waals surface area contributed by atoms with Crippen LogP contribution in [-0.2, 0) is 14.3 Å². The Kier molecular flexibility index (Phi) is 4.73.